The van der Waals surface area contributed by atoms with Gasteiger partial charge >= 0.3 is 6.18 Å². The van der Waals surface area contributed by atoms with E-state index >= 15 is 0 Å². The molecule has 0 bridgehead atoms. The molecule has 2 heterocycles. The van der Waals surface area contributed by atoms with Crippen LogP contribution >= 0.6 is 12.4 Å². The van der Waals surface area contributed by atoms with Gasteiger partial charge in [-0.05, 0) is 49.0 Å². The predicted octanol–water partition coefficient (Wildman–Crippen LogP) is 3.45. The van der Waals surface area contributed by atoms with E-state index in [4.69, 9.17) is 0 Å². The monoisotopic (exact) mass is 338 g/mol. The molecule has 7 heteroatoms. The fourth-order valence-corrected chi connectivity index (χ4v) is 3.45. The highest BCUT2D eigenvalue weighted by Gasteiger charge is 2.40. The van der Waals surface area contributed by atoms with Crippen molar-refractivity contribution in [3.05, 3.63) is 35.1 Å². The molecule has 22 heavy (non-hydrogen) atoms. The number of benzene rings is 1. The van der Waals surface area contributed by atoms with Crippen LogP contribution in [-0.4, -0.2) is 31.1 Å². The Morgan fingerprint density at radius 3 is 2.64 bits per heavy atom. The number of hydrogen-bond donors (Lipinski definition) is 1. The lowest BCUT2D eigenvalue weighted by atomic mass is 9.86. The molecule has 2 fully saturated rings. The van der Waals surface area contributed by atoms with Gasteiger partial charge in [-0.1, -0.05) is 6.07 Å². The van der Waals surface area contributed by atoms with Gasteiger partial charge < -0.3 is 5.32 Å². The van der Waals surface area contributed by atoms with E-state index in [-0.39, 0.29) is 17.8 Å². The summed E-state index contributed by atoms with van der Waals surface area (Å²) >= 11 is 0. The summed E-state index contributed by atoms with van der Waals surface area (Å²) in [6, 6.07) is 3.30. The maximum absolute atomic E-state index is 13.3. The number of nitrogens with zero attached hydrogens (tertiary/aromatic N) is 1. The van der Waals surface area contributed by atoms with Gasteiger partial charge in [0.2, 0.25) is 0 Å². The summed E-state index contributed by atoms with van der Waals surface area (Å²) in [6.45, 7) is 4.24. The average molecular weight is 339 g/mol. The van der Waals surface area contributed by atoms with Crippen molar-refractivity contribution >= 4 is 12.4 Å². The minimum absolute atomic E-state index is 0. The van der Waals surface area contributed by atoms with Gasteiger partial charge in [0.05, 0.1) is 5.56 Å². The topological polar surface area (TPSA) is 15.3 Å². The molecule has 0 aliphatic carbocycles. The molecule has 3 rings (SSSR count). The molecule has 1 N–H and O–H groups in total. The molecule has 2 nitrogen and oxygen atoms in total. The van der Waals surface area contributed by atoms with Crippen LogP contribution in [0.25, 0.3) is 0 Å². The molecule has 2 aliphatic heterocycles. The van der Waals surface area contributed by atoms with Crippen LogP contribution in [0.5, 0.6) is 0 Å². The normalized spacial score (nSPS) is 25.6. The molecule has 1 atom stereocenters. The molecule has 1 aromatic carbocycles. The van der Waals surface area contributed by atoms with E-state index in [2.05, 4.69) is 10.2 Å². The van der Waals surface area contributed by atoms with Crippen molar-refractivity contribution in [2.24, 2.45) is 5.41 Å². The molecule has 2 aliphatic rings. The molecule has 0 amide bonds. The maximum Gasteiger partial charge on any atom is 0.419 e. The van der Waals surface area contributed by atoms with Crippen molar-refractivity contribution in [1.82, 2.24) is 10.2 Å². The Hall–Kier alpha value is -0.850. The SMILES string of the molecule is Cl.Fc1ccc(CN2CCC3(CCNC3)C2)cc1C(F)(F)F. The fourth-order valence-electron chi connectivity index (χ4n) is 3.45. The second kappa shape index (κ2) is 6.34. The summed E-state index contributed by atoms with van der Waals surface area (Å²) in [5.41, 5.74) is -0.365. The minimum Gasteiger partial charge on any atom is -0.316 e. The lowest BCUT2D eigenvalue weighted by Gasteiger charge is -2.23. The molecule has 124 valence electrons. The second-order valence-electron chi connectivity index (χ2n) is 6.20. The molecular formula is C15H19ClF4N2. The minimum atomic E-state index is -4.64. The molecule has 1 spiro atoms. The average Bonchev–Trinajstić information content (AvgIpc) is 3.02. The highest BCUT2D eigenvalue weighted by Crippen LogP contribution is 2.37. The highest BCUT2D eigenvalue weighted by molar-refractivity contribution is 5.85. The number of likely N-dealkylation sites (tertiary alicyclic amines) is 1. The standard InChI is InChI=1S/C15H18F4N2.ClH/c16-13-2-1-11(7-12(13)15(17,18)19)8-21-6-4-14(10-21)3-5-20-9-14;/h1-2,7,20H,3-6,8-10H2;1H. The van der Waals surface area contributed by atoms with Gasteiger partial charge in [0.15, 0.2) is 0 Å². The second-order valence-corrected chi connectivity index (χ2v) is 6.20. The molecule has 1 unspecified atom stereocenters. The third kappa shape index (κ3) is 3.55. The van der Waals surface area contributed by atoms with Gasteiger partial charge in [-0.25, -0.2) is 4.39 Å². The van der Waals surface area contributed by atoms with Crippen LogP contribution in [0.4, 0.5) is 17.6 Å². The lowest BCUT2D eigenvalue weighted by molar-refractivity contribution is -0.140. The number of nitrogens with one attached hydrogen (secondary N) is 1. The Balaban J connectivity index is 0.00000176. The van der Waals surface area contributed by atoms with E-state index in [9.17, 15) is 17.6 Å². The third-order valence-electron chi connectivity index (χ3n) is 4.59. The van der Waals surface area contributed by atoms with Gasteiger partial charge in [-0.3, -0.25) is 4.90 Å². The zero-order valence-corrected chi connectivity index (χ0v) is 12.9. The Kier molecular flexibility index (Phi) is 5.04. The molecule has 0 aromatic heterocycles. The van der Waals surface area contributed by atoms with Gasteiger partial charge in [-0.2, -0.15) is 13.2 Å². The van der Waals surface area contributed by atoms with Gasteiger partial charge in [0, 0.05) is 19.6 Å². The summed E-state index contributed by atoms with van der Waals surface area (Å²) in [7, 11) is 0. The third-order valence-corrected chi connectivity index (χ3v) is 4.59. The first-order chi connectivity index (χ1) is 9.88. The number of rotatable bonds is 2. The smallest absolute Gasteiger partial charge is 0.316 e. The predicted molar refractivity (Wildman–Crippen MR) is 78.5 cm³/mol. The molecule has 1 aromatic rings. The van der Waals surface area contributed by atoms with Crippen molar-refractivity contribution in [2.75, 3.05) is 26.2 Å². The summed E-state index contributed by atoms with van der Waals surface area (Å²) in [6.07, 6.45) is -2.43. The number of halogens is 5. The zero-order chi connectivity index (χ0) is 15.1. The van der Waals surface area contributed by atoms with Crippen LogP contribution in [0.1, 0.15) is 24.0 Å². The van der Waals surface area contributed by atoms with Crippen LogP contribution in [-0.2, 0) is 12.7 Å². The van der Waals surface area contributed by atoms with E-state index in [0.717, 1.165) is 51.2 Å². The van der Waals surface area contributed by atoms with Crippen molar-refractivity contribution < 1.29 is 17.6 Å². The Labute approximate surface area is 133 Å². The van der Waals surface area contributed by atoms with E-state index in [1.54, 1.807) is 0 Å². The van der Waals surface area contributed by atoms with E-state index in [1.165, 1.54) is 6.07 Å². The number of hydrogen-bond acceptors (Lipinski definition) is 2. The molecule has 2 saturated heterocycles. The Morgan fingerprint density at radius 1 is 1.23 bits per heavy atom. The van der Waals surface area contributed by atoms with Crippen molar-refractivity contribution in [3.8, 4) is 0 Å². The van der Waals surface area contributed by atoms with E-state index in [1.807, 2.05) is 0 Å². The maximum atomic E-state index is 13.3. The van der Waals surface area contributed by atoms with Crippen LogP contribution < -0.4 is 5.32 Å². The highest BCUT2D eigenvalue weighted by atomic mass is 35.5. The largest absolute Gasteiger partial charge is 0.419 e. The number of alkyl halides is 3. The lowest BCUT2D eigenvalue weighted by Crippen LogP contribution is -2.29. The summed E-state index contributed by atoms with van der Waals surface area (Å²) in [5.74, 6) is -1.20. The quantitative estimate of drug-likeness (QED) is 0.831. The van der Waals surface area contributed by atoms with E-state index in [0.29, 0.717) is 12.1 Å². The van der Waals surface area contributed by atoms with Crippen molar-refractivity contribution in [2.45, 2.75) is 25.6 Å². The van der Waals surface area contributed by atoms with Crippen molar-refractivity contribution in [1.29, 1.82) is 0 Å². The van der Waals surface area contributed by atoms with E-state index < -0.39 is 17.6 Å². The summed E-state index contributed by atoms with van der Waals surface area (Å²) in [4.78, 5) is 2.17. The Morgan fingerprint density at radius 2 is 2.00 bits per heavy atom. The Bertz CT molecular complexity index is 527. The fraction of sp³-hybridized carbons (Fsp3) is 0.600. The van der Waals surface area contributed by atoms with Gasteiger partial charge in [-0.15, -0.1) is 12.4 Å². The molecule has 0 saturated carbocycles. The molecular weight excluding hydrogens is 320 g/mol. The molecule has 0 radical (unpaired) electrons. The van der Waals surface area contributed by atoms with Crippen LogP contribution in [0.3, 0.4) is 0 Å². The van der Waals surface area contributed by atoms with Crippen LogP contribution in [0.15, 0.2) is 18.2 Å². The summed E-state index contributed by atoms with van der Waals surface area (Å²) < 4.78 is 51.4. The first-order valence-electron chi connectivity index (χ1n) is 7.17. The first kappa shape index (κ1) is 17.5. The first-order valence-corrected chi connectivity index (χ1v) is 7.17. The zero-order valence-electron chi connectivity index (χ0n) is 12.0. The van der Waals surface area contributed by atoms with Crippen LogP contribution in [0, 0.1) is 11.2 Å². The van der Waals surface area contributed by atoms with Gasteiger partial charge in [0.1, 0.15) is 5.82 Å². The van der Waals surface area contributed by atoms with Crippen molar-refractivity contribution in [3.63, 3.8) is 0 Å². The summed E-state index contributed by atoms with van der Waals surface area (Å²) in [5, 5.41) is 3.35. The van der Waals surface area contributed by atoms with Gasteiger partial charge in [0.25, 0.3) is 0 Å². The van der Waals surface area contributed by atoms with Crippen LogP contribution in [0.2, 0.25) is 0 Å².